The Morgan fingerprint density at radius 3 is 2.74 bits per heavy atom. The van der Waals surface area contributed by atoms with E-state index in [2.05, 4.69) is 25.1 Å². The molecule has 5 rings (SSSR count). The summed E-state index contributed by atoms with van der Waals surface area (Å²) in [6, 6.07) is 3.60. The molecule has 0 bridgehead atoms. The van der Waals surface area contributed by atoms with Crippen molar-refractivity contribution in [3.8, 4) is 11.6 Å². The van der Waals surface area contributed by atoms with Gasteiger partial charge in [-0.2, -0.15) is 19.7 Å². The molecule has 1 aliphatic heterocycles. The maximum Gasteiger partial charge on any atom is 0.225 e. The van der Waals surface area contributed by atoms with E-state index in [1.54, 1.807) is 31.7 Å². The van der Waals surface area contributed by atoms with Gasteiger partial charge in [0.15, 0.2) is 17.1 Å². The molecule has 1 saturated heterocycles. The molecular formula is C19H25N9O3. The Morgan fingerprint density at radius 1 is 1.10 bits per heavy atom. The van der Waals surface area contributed by atoms with Gasteiger partial charge in [-0.25, -0.2) is 9.67 Å². The number of nitrogens with zero attached hydrogens (tertiary/aromatic N) is 8. The highest BCUT2D eigenvalue weighted by Crippen LogP contribution is 2.23. The van der Waals surface area contributed by atoms with E-state index in [-0.39, 0.29) is 5.95 Å². The number of hydrogen-bond acceptors (Lipinski definition) is 10. The van der Waals surface area contributed by atoms with Crippen LogP contribution in [0.3, 0.4) is 0 Å². The van der Waals surface area contributed by atoms with Crippen molar-refractivity contribution < 1.29 is 14.0 Å². The molecule has 0 radical (unpaired) electrons. The number of furan rings is 1. The lowest BCUT2D eigenvalue weighted by atomic mass is 10.3. The first-order valence-electron chi connectivity index (χ1n) is 10.2. The van der Waals surface area contributed by atoms with Crippen molar-refractivity contribution in [3.63, 3.8) is 0 Å². The van der Waals surface area contributed by atoms with Crippen LogP contribution < -0.4 is 5.73 Å². The monoisotopic (exact) mass is 427 g/mol. The largest absolute Gasteiger partial charge is 0.461 e. The van der Waals surface area contributed by atoms with Crippen LogP contribution in [-0.2, 0) is 16.1 Å². The number of aromatic nitrogens is 6. The van der Waals surface area contributed by atoms with Crippen LogP contribution in [-0.4, -0.2) is 92.4 Å². The second kappa shape index (κ2) is 8.59. The van der Waals surface area contributed by atoms with Gasteiger partial charge in [-0.3, -0.25) is 9.74 Å². The fourth-order valence-corrected chi connectivity index (χ4v) is 3.70. The van der Waals surface area contributed by atoms with Gasteiger partial charge in [-0.1, -0.05) is 0 Å². The van der Waals surface area contributed by atoms with Crippen molar-refractivity contribution in [2.24, 2.45) is 0 Å². The van der Waals surface area contributed by atoms with Gasteiger partial charge in [-0.15, -0.1) is 5.10 Å². The molecule has 31 heavy (non-hydrogen) atoms. The third-order valence-electron chi connectivity index (χ3n) is 5.36. The molecule has 1 fully saturated rings. The Morgan fingerprint density at radius 2 is 1.97 bits per heavy atom. The highest BCUT2D eigenvalue weighted by atomic mass is 16.7. The number of piperazine rings is 1. The average Bonchev–Trinajstić information content (AvgIpc) is 3.53. The van der Waals surface area contributed by atoms with Crippen molar-refractivity contribution in [1.29, 1.82) is 0 Å². The number of rotatable bonds is 8. The number of methoxy groups -OCH3 is 1. The lowest BCUT2D eigenvalue weighted by Gasteiger charge is -2.33. The van der Waals surface area contributed by atoms with Gasteiger partial charge in [0.05, 0.1) is 37.6 Å². The molecule has 5 heterocycles. The maximum absolute atomic E-state index is 6.16. The standard InChI is InChI=1S/C19H25N9O3/c1-29-11-12-31-26-7-4-25(5-8-26)6-9-27-17-14(13-21-27)18-22-16(15-3-2-10-30-15)24-28(18)19(20)23-17/h2-3,10,13H,4-9,11-12H2,1H3,(H2,20,23). The highest BCUT2D eigenvalue weighted by molar-refractivity contribution is 5.90. The number of anilines is 1. The van der Waals surface area contributed by atoms with Gasteiger partial charge in [0.1, 0.15) is 0 Å². The van der Waals surface area contributed by atoms with Gasteiger partial charge < -0.3 is 14.9 Å². The normalized spacial score (nSPS) is 16.0. The van der Waals surface area contributed by atoms with E-state index in [0.29, 0.717) is 42.6 Å². The Labute approximate surface area is 178 Å². The Hall–Kier alpha value is -3.06. The van der Waals surface area contributed by atoms with Gasteiger partial charge in [0.25, 0.3) is 0 Å². The number of fused-ring (bicyclic) bond motifs is 3. The minimum absolute atomic E-state index is 0.261. The molecule has 2 N–H and O–H groups in total. The van der Waals surface area contributed by atoms with Crippen LogP contribution in [0.2, 0.25) is 0 Å². The van der Waals surface area contributed by atoms with E-state index in [1.165, 1.54) is 4.52 Å². The van der Waals surface area contributed by atoms with E-state index >= 15 is 0 Å². The third kappa shape index (κ3) is 3.97. The summed E-state index contributed by atoms with van der Waals surface area (Å²) in [5, 5.41) is 11.7. The molecule has 0 atom stereocenters. The van der Waals surface area contributed by atoms with Gasteiger partial charge >= 0.3 is 0 Å². The molecule has 4 aromatic heterocycles. The summed E-state index contributed by atoms with van der Waals surface area (Å²) in [5.74, 6) is 1.30. The van der Waals surface area contributed by atoms with Crippen LogP contribution >= 0.6 is 0 Å². The lowest BCUT2D eigenvalue weighted by Crippen LogP contribution is -2.47. The maximum atomic E-state index is 6.16. The second-order valence-electron chi connectivity index (χ2n) is 7.32. The first-order chi connectivity index (χ1) is 15.2. The Balaban J connectivity index is 1.28. The summed E-state index contributed by atoms with van der Waals surface area (Å²) in [6.07, 6.45) is 3.35. The summed E-state index contributed by atoms with van der Waals surface area (Å²) in [6.45, 7) is 6.35. The number of hydroxylamine groups is 2. The van der Waals surface area contributed by atoms with Crippen LogP contribution in [0.5, 0.6) is 0 Å². The molecule has 1 aliphatic rings. The predicted octanol–water partition coefficient (Wildman–Crippen LogP) is 0.512. The fourth-order valence-electron chi connectivity index (χ4n) is 3.70. The predicted molar refractivity (Wildman–Crippen MR) is 112 cm³/mol. The fraction of sp³-hybridized carbons (Fsp3) is 0.474. The summed E-state index contributed by atoms with van der Waals surface area (Å²) >= 11 is 0. The SMILES string of the molecule is COCCON1CCN(CCn2ncc3c2nc(N)n2nc(-c4ccco4)nc32)CC1. The number of nitrogens with two attached hydrogens (primary N) is 1. The van der Waals surface area contributed by atoms with Gasteiger partial charge in [0.2, 0.25) is 11.8 Å². The van der Waals surface area contributed by atoms with Gasteiger partial charge in [0, 0.05) is 39.8 Å². The summed E-state index contributed by atoms with van der Waals surface area (Å²) in [4.78, 5) is 17.2. The van der Waals surface area contributed by atoms with Crippen molar-refractivity contribution in [1.82, 2.24) is 39.3 Å². The van der Waals surface area contributed by atoms with Crippen LogP contribution in [0, 0.1) is 0 Å². The van der Waals surface area contributed by atoms with Crippen LogP contribution in [0.15, 0.2) is 29.0 Å². The number of ether oxygens (including phenoxy) is 1. The van der Waals surface area contributed by atoms with E-state index in [4.69, 9.17) is 19.7 Å². The molecule has 0 spiro atoms. The highest BCUT2D eigenvalue weighted by Gasteiger charge is 2.20. The van der Waals surface area contributed by atoms with Crippen molar-refractivity contribution in [2.45, 2.75) is 6.54 Å². The minimum atomic E-state index is 0.261. The number of hydrogen-bond donors (Lipinski definition) is 1. The first-order valence-corrected chi connectivity index (χ1v) is 10.2. The van der Waals surface area contributed by atoms with Crippen molar-refractivity contribution >= 4 is 22.6 Å². The van der Waals surface area contributed by atoms with Crippen LogP contribution in [0.4, 0.5) is 5.95 Å². The molecule has 0 aliphatic carbocycles. The van der Waals surface area contributed by atoms with E-state index in [1.807, 2.05) is 9.75 Å². The lowest BCUT2D eigenvalue weighted by molar-refractivity contribution is -0.184. The summed E-state index contributed by atoms with van der Waals surface area (Å²) < 4.78 is 13.8. The molecule has 12 nitrogen and oxygen atoms in total. The molecule has 0 saturated carbocycles. The molecule has 0 unspecified atom stereocenters. The van der Waals surface area contributed by atoms with Gasteiger partial charge in [-0.05, 0) is 12.1 Å². The molecular weight excluding hydrogens is 402 g/mol. The van der Waals surface area contributed by atoms with Crippen molar-refractivity contribution in [2.75, 3.05) is 58.8 Å². The van der Waals surface area contributed by atoms with Crippen LogP contribution in [0.1, 0.15) is 0 Å². The summed E-state index contributed by atoms with van der Waals surface area (Å²) in [7, 11) is 1.68. The molecule has 0 amide bonds. The first kappa shape index (κ1) is 19.9. The van der Waals surface area contributed by atoms with Crippen molar-refractivity contribution in [3.05, 3.63) is 24.6 Å². The zero-order valence-electron chi connectivity index (χ0n) is 17.3. The topological polar surface area (TPSA) is 125 Å². The second-order valence-corrected chi connectivity index (χ2v) is 7.32. The van der Waals surface area contributed by atoms with Crippen LogP contribution in [0.25, 0.3) is 28.3 Å². The quantitative estimate of drug-likeness (QED) is 0.398. The Bertz CT molecular complexity index is 1150. The third-order valence-corrected chi connectivity index (χ3v) is 5.36. The minimum Gasteiger partial charge on any atom is -0.461 e. The van der Waals surface area contributed by atoms with E-state index in [0.717, 1.165) is 38.1 Å². The molecule has 12 heteroatoms. The average molecular weight is 427 g/mol. The Kier molecular flexibility index (Phi) is 5.51. The molecule has 0 aromatic carbocycles. The summed E-state index contributed by atoms with van der Waals surface area (Å²) in [5.41, 5.74) is 7.47. The zero-order valence-corrected chi connectivity index (χ0v) is 17.3. The molecule has 4 aromatic rings. The zero-order chi connectivity index (χ0) is 21.2. The van der Waals surface area contributed by atoms with E-state index in [9.17, 15) is 0 Å². The van der Waals surface area contributed by atoms with E-state index < -0.39 is 0 Å². The smallest absolute Gasteiger partial charge is 0.225 e. The number of nitrogen functional groups attached to an aromatic ring is 1. The molecule has 164 valence electrons.